The number of hydrogen-bond acceptors (Lipinski definition) is 2. The molecule has 0 fully saturated rings. The third-order valence-electron chi connectivity index (χ3n) is 2.68. The van der Waals surface area contributed by atoms with E-state index in [1.165, 1.54) is 11.3 Å². The summed E-state index contributed by atoms with van der Waals surface area (Å²) in [7, 11) is 0. The van der Waals surface area contributed by atoms with Gasteiger partial charge in [0.2, 0.25) is 0 Å². The molecule has 0 aliphatic rings. The third kappa shape index (κ3) is 2.55. The Labute approximate surface area is 116 Å². The highest BCUT2D eigenvalue weighted by Gasteiger charge is 2.13. The second kappa shape index (κ2) is 5.09. The number of halogens is 1. The van der Waals surface area contributed by atoms with E-state index in [4.69, 9.17) is 11.6 Å². The Morgan fingerprint density at radius 3 is 2.44 bits per heavy atom. The highest BCUT2D eigenvalue weighted by Crippen LogP contribution is 2.32. The minimum Gasteiger partial charge on any atom is -0.288 e. The number of rotatable bonds is 3. The molecule has 0 atom stereocenters. The Balaban J connectivity index is 2.44. The summed E-state index contributed by atoms with van der Waals surface area (Å²) in [5, 5.41) is 0.713. The van der Waals surface area contributed by atoms with Gasteiger partial charge in [-0.2, -0.15) is 0 Å². The van der Waals surface area contributed by atoms with Gasteiger partial charge in [0.15, 0.2) is 5.78 Å². The lowest BCUT2D eigenvalue weighted by Crippen LogP contribution is -1.95. The first-order valence-corrected chi connectivity index (χ1v) is 6.75. The lowest BCUT2D eigenvalue weighted by atomic mass is 10.1. The molecule has 0 aliphatic heterocycles. The van der Waals surface area contributed by atoms with Crippen molar-refractivity contribution in [2.24, 2.45) is 0 Å². The van der Waals surface area contributed by atoms with Gasteiger partial charge in [0.1, 0.15) is 0 Å². The summed E-state index contributed by atoms with van der Waals surface area (Å²) in [6.07, 6.45) is 0. The largest absolute Gasteiger partial charge is 0.288 e. The zero-order valence-corrected chi connectivity index (χ0v) is 11.9. The van der Waals surface area contributed by atoms with Crippen LogP contribution in [0.1, 0.15) is 21.5 Å². The van der Waals surface area contributed by atoms with Crippen LogP contribution in [-0.4, -0.2) is 5.78 Å². The summed E-state index contributed by atoms with van der Waals surface area (Å²) in [6, 6.07) is 9.57. The quantitative estimate of drug-likeness (QED) is 0.561. The van der Waals surface area contributed by atoms with Gasteiger partial charge in [-0.15, -0.1) is 11.3 Å². The van der Waals surface area contributed by atoms with Crippen LogP contribution >= 0.6 is 22.9 Å². The number of benzene rings is 1. The van der Waals surface area contributed by atoms with Crippen LogP contribution < -0.4 is 0 Å². The summed E-state index contributed by atoms with van der Waals surface area (Å²) in [5.74, 6) is 0.0170. The molecule has 0 spiro atoms. The molecular formula is C15H13ClOS. The van der Waals surface area contributed by atoms with Crippen LogP contribution in [0.25, 0.3) is 11.1 Å². The molecule has 2 aromatic rings. The van der Waals surface area contributed by atoms with Gasteiger partial charge in [-0.1, -0.05) is 30.3 Å². The fourth-order valence-corrected chi connectivity index (χ4v) is 2.91. The number of aryl methyl sites for hydroxylation is 1. The molecule has 0 bridgehead atoms. The van der Waals surface area contributed by atoms with E-state index in [0.717, 1.165) is 20.9 Å². The molecule has 1 nitrogen and oxygen atoms in total. The van der Waals surface area contributed by atoms with Crippen molar-refractivity contribution in [2.75, 3.05) is 0 Å². The van der Waals surface area contributed by atoms with Crippen LogP contribution in [0.2, 0.25) is 5.02 Å². The van der Waals surface area contributed by atoms with E-state index in [-0.39, 0.29) is 5.78 Å². The summed E-state index contributed by atoms with van der Waals surface area (Å²) in [5.41, 5.74) is 2.73. The molecule has 1 aromatic heterocycles. The van der Waals surface area contributed by atoms with Gasteiger partial charge in [0.25, 0.3) is 0 Å². The predicted molar refractivity (Wildman–Crippen MR) is 78.6 cm³/mol. The molecule has 2 rings (SSSR count). The summed E-state index contributed by atoms with van der Waals surface area (Å²) >= 11 is 7.38. The lowest BCUT2D eigenvalue weighted by Gasteiger charge is -1.99. The van der Waals surface area contributed by atoms with Crippen molar-refractivity contribution in [2.45, 2.75) is 13.8 Å². The van der Waals surface area contributed by atoms with Gasteiger partial charge in [0.05, 0.1) is 4.88 Å². The van der Waals surface area contributed by atoms with E-state index in [2.05, 4.69) is 6.58 Å². The average Bonchev–Trinajstić information content (AvgIpc) is 2.71. The number of carbonyl (C=O) groups is 1. The molecular weight excluding hydrogens is 264 g/mol. The van der Waals surface area contributed by atoms with Gasteiger partial charge in [-0.25, -0.2) is 0 Å². The zero-order chi connectivity index (χ0) is 13.3. The second-order valence-corrected chi connectivity index (χ2v) is 5.89. The van der Waals surface area contributed by atoms with Crippen molar-refractivity contribution in [1.82, 2.24) is 0 Å². The normalized spacial score (nSPS) is 10.4. The van der Waals surface area contributed by atoms with Gasteiger partial charge >= 0.3 is 0 Å². The van der Waals surface area contributed by atoms with E-state index in [1.54, 1.807) is 6.92 Å². The molecule has 0 saturated carbocycles. The maximum atomic E-state index is 11.9. The molecule has 92 valence electrons. The highest BCUT2D eigenvalue weighted by atomic mass is 35.5. The molecule has 0 saturated heterocycles. The van der Waals surface area contributed by atoms with Gasteiger partial charge in [0, 0.05) is 9.90 Å². The van der Waals surface area contributed by atoms with E-state index in [1.807, 2.05) is 37.3 Å². The first kappa shape index (κ1) is 13.1. The standard InChI is InChI=1S/C15H13ClOS/c1-9(2)15(17)14-8-13(10(3)18-14)11-4-6-12(16)7-5-11/h4-8H,1H2,2-3H3. The number of allylic oxidation sites excluding steroid dienone is 1. The molecule has 1 aromatic carbocycles. The van der Waals surface area contributed by atoms with Crippen molar-refractivity contribution >= 4 is 28.7 Å². The number of hydrogen-bond donors (Lipinski definition) is 0. The molecule has 0 aliphatic carbocycles. The van der Waals surface area contributed by atoms with Crippen LogP contribution in [-0.2, 0) is 0 Å². The first-order chi connectivity index (χ1) is 8.49. The molecule has 0 amide bonds. The van der Waals surface area contributed by atoms with Crippen molar-refractivity contribution in [3.8, 4) is 11.1 Å². The molecule has 18 heavy (non-hydrogen) atoms. The minimum absolute atomic E-state index is 0.0170. The van der Waals surface area contributed by atoms with Gasteiger partial charge < -0.3 is 0 Å². The fraction of sp³-hybridized carbons (Fsp3) is 0.133. The molecule has 0 unspecified atom stereocenters. The maximum absolute atomic E-state index is 11.9. The Morgan fingerprint density at radius 1 is 1.28 bits per heavy atom. The van der Waals surface area contributed by atoms with Gasteiger partial charge in [-0.05, 0) is 48.7 Å². The Bertz CT molecular complexity index is 608. The highest BCUT2D eigenvalue weighted by molar-refractivity contribution is 7.14. The summed E-state index contributed by atoms with van der Waals surface area (Å²) < 4.78 is 0. The monoisotopic (exact) mass is 276 g/mol. The number of Topliss-reactive ketones (excluding diaryl/α,β-unsaturated/α-hetero) is 1. The second-order valence-electron chi connectivity index (χ2n) is 4.20. The SMILES string of the molecule is C=C(C)C(=O)c1cc(-c2ccc(Cl)cc2)c(C)s1. The van der Waals surface area contributed by atoms with Crippen molar-refractivity contribution < 1.29 is 4.79 Å². The molecule has 3 heteroatoms. The van der Waals surface area contributed by atoms with Crippen LogP contribution in [0.3, 0.4) is 0 Å². The van der Waals surface area contributed by atoms with Gasteiger partial charge in [-0.3, -0.25) is 4.79 Å². The van der Waals surface area contributed by atoms with Crippen LogP contribution in [0.4, 0.5) is 0 Å². The fourth-order valence-electron chi connectivity index (χ4n) is 1.72. The van der Waals surface area contributed by atoms with Crippen LogP contribution in [0.15, 0.2) is 42.5 Å². The van der Waals surface area contributed by atoms with E-state index < -0.39 is 0 Å². The topological polar surface area (TPSA) is 17.1 Å². The number of carbonyl (C=O) groups excluding carboxylic acids is 1. The smallest absolute Gasteiger partial charge is 0.198 e. The van der Waals surface area contributed by atoms with Crippen molar-refractivity contribution in [3.05, 3.63) is 57.3 Å². The van der Waals surface area contributed by atoms with Crippen LogP contribution in [0, 0.1) is 6.92 Å². The van der Waals surface area contributed by atoms with E-state index >= 15 is 0 Å². The zero-order valence-electron chi connectivity index (χ0n) is 10.3. The van der Waals surface area contributed by atoms with Crippen molar-refractivity contribution in [3.63, 3.8) is 0 Å². The predicted octanol–water partition coefficient (Wildman–Crippen LogP) is 5.14. The van der Waals surface area contributed by atoms with E-state index in [0.29, 0.717) is 10.6 Å². The average molecular weight is 277 g/mol. The summed E-state index contributed by atoms with van der Waals surface area (Å²) in [4.78, 5) is 13.8. The number of ketones is 1. The summed E-state index contributed by atoms with van der Waals surface area (Å²) in [6.45, 7) is 7.45. The van der Waals surface area contributed by atoms with Crippen molar-refractivity contribution in [1.29, 1.82) is 0 Å². The maximum Gasteiger partial charge on any atom is 0.198 e. The number of thiophene rings is 1. The molecule has 0 radical (unpaired) electrons. The Morgan fingerprint density at radius 2 is 1.89 bits per heavy atom. The van der Waals surface area contributed by atoms with E-state index in [9.17, 15) is 4.79 Å². The minimum atomic E-state index is 0.0170. The van der Waals surface area contributed by atoms with Crippen LogP contribution in [0.5, 0.6) is 0 Å². The Hall–Kier alpha value is -1.38. The molecule has 1 heterocycles. The molecule has 0 N–H and O–H groups in total. The third-order valence-corrected chi connectivity index (χ3v) is 3.99. The first-order valence-electron chi connectivity index (χ1n) is 5.55. The lowest BCUT2D eigenvalue weighted by molar-refractivity contribution is 0.103. The Kier molecular flexibility index (Phi) is 3.69.